The summed E-state index contributed by atoms with van der Waals surface area (Å²) in [6.45, 7) is 3.00. The molecule has 0 bridgehead atoms. The molecular weight excluding hydrogens is 287 g/mol. The van der Waals surface area contributed by atoms with Gasteiger partial charge in [-0.05, 0) is 51.5 Å². The van der Waals surface area contributed by atoms with E-state index in [2.05, 4.69) is 31.2 Å². The Morgan fingerprint density at radius 1 is 1.33 bits per heavy atom. The highest BCUT2D eigenvalue weighted by Gasteiger charge is 2.42. The zero-order valence-corrected chi connectivity index (χ0v) is 14.0. The van der Waals surface area contributed by atoms with E-state index in [0.29, 0.717) is 12.0 Å². The average molecular weight is 313 g/mol. The van der Waals surface area contributed by atoms with E-state index in [1.807, 2.05) is 12.1 Å². The maximum absolute atomic E-state index is 14.2. The molecule has 1 aromatic rings. The summed E-state index contributed by atoms with van der Waals surface area (Å²) in [5.41, 5.74) is 0.826. The summed E-state index contributed by atoms with van der Waals surface area (Å²) < 4.78 is 14.2. The van der Waals surface area contributed by atoms with Gasteiger partial charge in [-0.15, -0.1) is 0 Å². The van der Waals surface area contributed by atoms with Gasteiger partial charge in [-0.2, -0.15) is 0 Å². The standard InChI is InChI=1S/C17H26ClFN2/c1-4-20-15(17(21(2)3)10-5-6-11-17)12-13-8-7-9-14(18)16(13)19/h7-9,15,20H,4-6,10-12H2,1-3H3. The Hall–Kier alpha value is -0.640. The number of likely N-dealkylation sites (N-methyl/N-ethyl adjacent to an activating group) is 2. The maximum Gasteiger partial charge on any atom is 0.145 e. The number of rotatable bonds is 6. The van der Waals surface area contributed by atoms with Crippen molar-refractivity contribution < 1.29 is 4.39 Å². The van der Waals surface area contributed by atoms with Crippen molar-refractivity contribution in [2.24, 2.45) is 0 Å². The second kappa shape index (κ2) is 7.08. The Morgan fingerprint density at radius 2 is 2.00 bits per heavy atom. The van der Waals surface area contributed by atoms with E-state index in [0.717, 1.165) is 6.54 Å². The highest BCUT2D eigenvalue weighted by molar-refractivity contribution is 6.30. The van der Waals surface area contributed by atoms with Gasteiger partial charge >= 0.3 is 0 Å². The highest BCUT2D eigenvalue weighted by Crippen LogP contribution is 2.38. The van der Waals surface area contributed by atoms with Crippen LogP contribution < -0.4 is 5.32 Å². The van der Waals surface area contributed by atoms with Gasteiger partial charge in [-0.25, -0.2) is 4.39 Å². The molecule has 0 spiro atoms. The fourth-order valence-corrected chi connectivity index (χ4v) is 3.91. The zero-order valence-electron chi connectivity index (χ0n) is 13.3. The van der Waals surface area contributed by atoms with Gasteiger partial charge < -0.3 is 10.2 Å². The lowest BCUT2D eigenvalue weighted by molar-refractivity contribution is 0.105. The lowest BCUT2D eigenvalue weighted by atomic mass is 9.83. The Bertz CT molecular complexity index is 470. The normalized spacial score (nSPS) is 19.1. The van der Waals surface area contributed by atoms with Crippen molar-refractivity contribution in [2.75, 3.05) is 20.6 Å². The smallest absolute Gasteiger partial charge is 0.145 e. The minimum atomic E-state index is -0.269. The molecule has 0 aromatic heterocycles. The predicted octanol–water partition coefficient (Wildman–Crippen LogP) is 3.87. The van der Waals surface area contributed by atoms with Gasteiger partial charge in [0, 0.05) is 11.6 Å². The summed E-state index contributed by atoms with van der Waals surface area (Å²) >= 11 is 5.93. The summed E-state index contributed by atoms with van der Waals surface area (Å²) in [4.78, 5) is 2.33. The third-order valence-corrected chi connectivity index (χ3v) is 5.21. The van der Waals surface area contributed by atoms with Crippen molar-refractivity contribution >= 4 is 11.6 Å². The van der Waals surface area contributed by atoms with Crippen LogP contribution in [-0.4, -0.2) is 37.1 Å². The first kappa shape index (κ1) is 16.7. The van der Waals surface area contributed by atoms with Crippen molar-refractivity contribution in [3.8, 4) is 0 Å². The van der Waals surface area contributed by atoms with Crippen LogP contribution in [0.2, 0.25) is 5.02 Å². The molecule has 1 aliphatic carbocycles. The summed E-state index contributed by atoms with van der Waals surface area (Å²) in [6, 6.07) is 5.54. The van der Waals surface area contributed by atoms with Gasteiger partial charge in [0.2, 0.25) is 0 Å². The van der Waals surface area contributed by atoms with E-state index in [1.54, 1.807) is 6.07 Å². The van der Waals surface area contributed by atoms with Crippen molar-refractivity contribution in [1.29, 1.82) is 0 Å². The largest absolute Gasteiger partial charge is 0.312 e. The quantitative estimate of drug-likeness (QED) is 0.857. The molecule has 4 heteroatoms. The first-order valence-electron chi connectivity index (χ1n) is 7.85. The molecule has 1 atom stereocenters. The zero-order chi connectivity index (χ0) is 15.5. The van der Waals surface area contributed by atoms with Gasteiger partial charge in [0.05, 0.1) is 5.02 Å². The summed E-state index contributed by atoms with van der Waals surface area (Å²) in [6.07, 6.45) is 5.51. The van der Waals surface area contributed by atoms with Gasteiger partial charge in [0.15, 0.2) is 0 Å². The van der Waals surface area contributed by atoms with Gasteiger partial charge in [0.25, 0.3) is 0 Å². The van der Waals surface area contributed by atoms with E-state index < -0.39 is 0 Å². The molecule has 21 heavy (non-hydrogen) atoms. The molecule has 118 valence electrons. The minimum absolute atomic E-state index is 0.116. The van der Waals surface area contributed by atoms with E-state index in [9.17, 15) is 4.39 Å². The fraction of sp³-hybridized carbons (Fsp3) is 0.647. The molecule has 0 amide bonds. The van der Waals surface area contributed by atoms with Gasteiger partial charge in [0.1, 0.15) is 5.82 Å². The van der Waals surface area contributed by atoms with Crippen LogP contribution in [0.1, 0.15) is 38.2 Å². The second-order valence-electron chi connectivity index (χ2n) is 6.23. The molecule has 1 aliphatic rings. The molecule has 1 fully saturated rings. The molecule has 2 rings (SSSR count). The second-order valence-corrected chi connectivity index (χ2v) is 6.64. The van der Waals surface area contributed by atoms with Crippen molar-refractivity contribution in [3.63, 3.8) is 0 Å². The Labute approximate surface area is 132 Å². The van der Waals surface area contributed by atoms with Crippen LogP contribution >= 0.6 is 11.6 Å². The monoisotopic (exact) mass is 312 g/mol. The third kappa shape index (κ3) is 3.41. The van der Waals surface area contributed by atoms with Crippen LogP contribution in [0.3, 0.4) is 0 Å². The van der Waals surface area contributed by atoms with E-state index in [4.69, 9.17) is 11.6 Å². The number of nitrogens with zero attached hydrogens (tertiary/aromatic N) is 1. The van der Waals surface area contributed by atoms with Gasteiger partial charge in [-0.1, -0.05) is 43.5 Å². The van der Waals surface area contributed by atoms with Crippen LogP contribution in [0.5, 0.6) is 0 Å². The number of hydrogen-bond donors (Lipinski definition) is 1. The molecular formula is C17H26ClFN2. The van der Waals surface area contributed by atoms with E-state index >= 15 is 0 Å². The molecule has 0 aliphatic heterocycles. The fourth-order valence-electron chi connectivity index (χ4n) is 3.72. The Balaban J connectivity index is 2.28. The lowest BCUT2D eigenvalue weighted by Gasteiger charge is -2.44. The highest BCUT2D eigenvalue weighted by atomic mass is 35.5. The van der Waals surface area contributed by atoms with Crippen molar-refractivity contribution in [3.05, 3.63) is 34.6 Å². The first-order chi connectivity index (χ1) is 10.0. The van der Waals surface area contributed by atoms with E-state index in [1.165, 1.54) is 25.7 Å². The lowest BCUT2D eigenvalue weighted by Crippen LogP contribution is -2.58. The predicted molar refractivity (Wildman–Crippen MR) is 87.5 cm³/mol. The molecule has 0 radical (unpaired) electrons. The molecule has 0 saturated heterocycles. The SMILES string of the molecule is CCNC(Cc1cccc(Cl)c1F)C1(N(C)C)CCCC1. The summed E-state index contributed by atoms with van der Waals surface area (Å²) in [7, 11) is 4.29. The number of hydrogen-bond acceptors (Lipinski definition) is 2. The van der Waals surface area contributed by atoms with Gasteiger partial charge in [-0.3, -0.25) is 0 Å². The van der Waals surface area contributed by atoms with Crippen molar-refractivity contribution in [1.82, 2.24) is 10.2 Å². The molecule has 2 nitrogen and oxygen atoms in total. The van der Waals surface area contributed by atoms with Crippen LogP contribution in [0.4, 0.5) is 4.39 Å². The molecule has 1 N–H and O–H groups in total. The topological polar surface area (TPSA) is 15.3 Å². The van der Waals surface area contributed by atoms with Crippen LogP contribution in [-0.2, 0) is 6.42 Å². The van der Waals surface area contributed by atoms with Crippen LogP contribution in [0.15, 0.2) is 18.2 Å². The number of halogens is 2. The Kier molecular flexibility index (Phi) is 5.64. The first-order valence-corrected chi connectivity index (χ1v) is 8.22. The molecule has 1 saturated carbocycles. The number of nitrogens with one attached hydrogen (secondary N) is 1. The molecule has 0 heterocycles. The summed E-state index contributed by atoms with van der Waals surface area (Å²) in [5.74, 6) is -0.269. The third-order valence-electron chi connectivity index (χ3n) is 4.91. The Morgan fingerprint density at radius 3 is 2.57 bits per heavy atom. The molecule has 1 aromatic carbocycles. The van der Waals surface area contributed by atoms with E-state index in [-0.39, 0.29) is 22.4 Å². The van der Waals surface area contributed by atoms with Crippen LogP contribution in [0, 0.1) is 5.82 Å². The number of benzene rings is 1. The van der Waals surface area contributed by atoms with Crippen molar-refractivity contribution in [2.45, 2.75) is 50.6 Å². The molecule has 1 unspecified atom stereocenters. The summed E-state index contributed by atoms with van der Waals surface area (Å²) in [5, 5.41) is 3.81. The average Bonchev–Trinajstić information content (AvgIpc) is 2.94. The maximum atomic E-state index is 14.2. The minimum Gasteiger partial charge on any atom is -0.312 e. The van der Waals surface area contributed by atoms with Crippen LogP contribution in [0.25, 0.3) is 0 Å².